The third-order valence-corrected chi connectivity index (χ3v) is 10.3. The van der Waals surface area contributed by atoms with E-state index in [0.717, 1.165) is 43.0 Å². The minimum absolute atomic E-state index is 0.0788. The molecule has 1 atom stereocenters. The van der Waals surface area contributed by atoms with Crippen molar-refractivity contribution in [2.75, 3.05) is 65.1 Å². The van der Waals surface area contributed by atoms with Gasteiger partial charge in [-0.15, -0.1) is 0 Å². The maximum atomic E-state index is 13.9. The van der Waals surface area contributed by atoms with Gasteiger partial charge in [0.15, 0.2) is 6.10 Å². The molecule has 0 saturated carbocycles. The van der Waals surface area contributed by atoms with E-state index in [1.165, 1.54) is 11.0 Å². The second-order valence-corrected chi connectivity index (χ2v) is 13.5. The number of rotatable bonds is 6. The van der Waals surface area contributed by atoms with Crippen LogP contribution in [-0.4, -0.2) is 113 Å². The zero-order chi connectivity index (χ0) is 34.2. The number of fused-ring (bicyclic) bond motifs is 1. The van der Waals surface area contributed by atoms with Gasteiger partial charge in [-0.1, -0.05) is 23.7 Å². The average Bonchev–Trinajstić information content (AvgIpc) is 3.41. The Labute approximate surface area is 281 Å². The highest BCUT2D eigenvalue weighted by Crippen LogP contribution is 2.38. The van der Waals surface area contributed by atoms with E-state index in [1.54, 1.807) is 9.47 Å². The van der Waals surface area contributed by atoms with Crippen LogP contribution in [0.1, 0.15) is 42.9 Å². The van der Waals surface area contributed by atoms with Crippen molar-refractivity contribution >= 4 is 40.3 Å². The van der Waals surface area contributed by atoms with Crippen molar-refractivity contribution in [3.63, 3.8) is 0 Å². The van der Waals surface area contributed by atoms with Gasteiger partial charge in [-0.25, -0.2) is 9.59 Å². The number of aromatic amines is 1. The van der Waals surface area contributed by atoms with E-state index in [0.29, 0.717) is 45.1 Å². The highest BCUT2D eigenvalue weighted by molar-refractivity contribution is 6.33. The van der Waals surface area contributed by atoms with Crippen LogP contribution in [0.2, 0.25) is 5.02 Å². The molecule has 3 saturated heterocycles. The average molecular weight is 692 g/mol. The van der Waals surface area contributed by atoms with Gasteiger partial charge in [-0.2, -0.15) is 13.2 Å². The van der Waals surface area contributed by atoms with E-state index in [4.69, 9.17) is 22.1 Å². The summed E-state index contributed by atoms with van der Waals surface area (Å²) < 4.78 is 48.8. The largest absolute Gasteiger partial charge is 0.436 e. The lowest BCUT2D eigenvalue weighted by molar-refractivity contribution is -0.143. The molecular formula is C33H41ClF3N7O4. The Morgan fingerprint density at radius 2 is 1.60 bits per heavy atom. The fraction of sp³-hybridized carbons (Fsp3) is 0.545. The van der Waals surface area contributed by atoms with Gasteiger partial charge in [-0.3, -0.25) is 14.3 Å². The normalized spacial score (nSPS) is 19.9. The smallest absolute Gasteiger partial charge is 0.418 e. The third-order valence-electron chi connectivity index (χ3n) is 9.98. The summed E-state index contributed by atoms with van der Waals surface area (Å²) in [4.78, 5) is 50.8. The summed E-state index contributed by atoms with van der Waals surface area (Å²) in [5, 5.41) is -0.293. The predicted molar refractivity (Wildman–Crippen MR) is 176 cm³/mol. The van der Waals surface area contributed by atoms with Crippen LogP contribution in [-0.2, 0) is 22.1 Å². The summed E-state index contributed by atoms with van der Waals surface area (Å²) in [6.07, 6.45) is -4.10. The number of likely N-dealkylation sites (tertiary alicyclic amines) is 2. The summed E-state index contributed by atoms with van der Waals surface area (Å²) in [5.41, 5.74) is 5.30. The van der Waals surface area contributed by atoms with Gasteiger partial charge in [0.25, 0.3) is 5.91 Å². The molecule has 11 nitrogen and oxygen atoms in total. The highest BCUT2D eigenvalue weighted by atomic mass is 35.5. The van der Waals surface area contributed by atoms with E-state index >= 15 is 0 Å². The number of nitrogens with zero attached hydrogens (tertiary/aromatic N) is 5. The van der Waals surface area contributed by atoms with E-state index in [1.807, 2.05) is 24.3 Å². The van der Waals surface area contributed by atoms with Crippen molar-refractivity contribution < 1.29 is 27.5 Å². The molecule has 15 heteroatoms. The Morgan fingerprint density at radius 1 is 0.958 bits per heavy atom. The number of alkyl halides is 3. The Hall–Kier alpha value is -3.75. The Bertz CT molecular complexity index is 1690. The number of para-hydroxylation sites is 2. The molecule has 0 radical (unpaired) electrons. The van der Waals surface area contributed by atoms with Crippen LogP contribution in [0.5, 0.6) is 0 Å². The Kier molecular flexibility index (Phi) is 9.96. The molecule has 2 aromatic carbocycles. The first-order chi connectivity index (χ1) is 22.9. The minimum Gasteiger partial charge on any atom is -0.436 e. The van der Waals surface area contributed by atoms with Crippen LogP contribution in [0, 0.1) is 0 Å². The maximum Gasteiger partial charge on any atom is 0.418 e. The zero-order valence-electron chi connectivity index (χ0n) is 26.8. The number of piperazine rings is 1. The molecule has 3 fully saturated rings. The molecule has 260 valence electrons. The molecule has 0 unspecified atom stereocenters. The number of piperidine rings is 2. The molecule has 48 heavy (non-hydrogen) atoms. The SMILES string of the molecule is CN1CCC(N2CCN(C(=O)[C@@H](Cc3cc(Cl)c(N)c(C(F)(F)F)c3)OC(=O)N3CCC(n4c(=O)[nH]c5ccccc54)CC3)CC2)CC1. The molecule has 3 aliphatic heterocycles. The van der Waals surface area contributed by atoms with Crippen LogP contribution in [0.15, 0.2) is 41.2 Å². The molecule has 1 aromatic heterocycles. The van der Waals surface area contributed by atoms with Crippen LogP contribution in [0.3, 0.4) is 0 Å². The number of ether oxygens (including phenoxy) is 1. The van der Waals surface area contributed by atoms with Crippen molar-refractivity contribution in [1.29, 1.82) is 0 Å². The number of amides is 2. The monoisotopic (exact) mass is 691 g/mol. The number of anilines is 1. The van der Waals surface area contributed by atoms with E-state index in [-0.39, 0.29) is 41.8 Å². The van der Waals surface area contributed by atoms with Crippen molar-refractivity contribution in [3.8, 4) is 0 Å². The number of nitrogen functional groups attached to an aromatic ring is 1. The number of carbonyl (C=O) groups excluding carboxylic acids is 2. The Balaban J connectivity index is 1.16. The minimum atomic E-state index is -4.76. The lowest BCUT2D eigenvalue weighted by Crippen LogP contribution is -2.56. The number of halogens is 4. The van der Waals surface area contributed by atoms with Crippen molar-refractivity contribution in [2.45, 2.75) is 56.5 Å². The number of hydrogen-bond acceptors (Lipinski definition) is 7. The fourth-order valence-corrected chi connectivity index (χ4v) is 7.47. The number of benzene rings is 2. The van der Waals surface area contributed by atoms with E-state index < -0.39 is 35.5 Å². The third kappa shape index (κ3) is 7.30. The molecule has 6 rings (SSSR count). The molecule has 3 N–H and O–H groups in total. The number of hydrogen-bond donors (Lipinski definition) is 2. The van der Waals surface area contributed by atoms with Crippen LogP contribution < -0.4 is 11.4 Å². The summed E-state index contributed by atoms with van der Waals surface area (Å²) in [5.74, 6) is -0.465. The lowest BCUT2D eigenvalue weighted by Gasteiger charge is -2.42. The van der Waals surface area contributed by atoms with Gasteiger partial charge in [0.05, 0.1) is 27.3 Å². The van der Waals surface area contributed by atoms with Gasteiger partial charge < -0.3 is 30.2 Å². The van der Waals surface area contributed by atoms with Crippen molar-refractivity contribution in [2.24, 2.45) is 0 Å². The van der Waals surface area contributed by atoms with Gasteiger partial charge in [-0.05, 0) is 75.6 Å². The molecule has 0 spiro atoms. The van der Waals surface area contributed by atoms with E-state index in [9.17, 15) is 27.6 Å². The van der Waals surface area contributed by atoms with Gasteiger partial charge in [0.2, 0.25) is 0 Å². The van der Waals surface area contributed by atoms with Gasteiger partial charge in [0.1, 0.15) is 0 Å². The Morgan fingerprint density at radius 3 is 2.27 bits per heavy atom. The number of imidazole rings is 1. The van der Waals surface area contributed by atoms with Crippen LogP contribution in [0.4, 0.5) is 23.7 Å². The quantitative estimate of drug-likeness (QED) is 0.372. The summed E-state index contributed by atoms with van der Waals surface area (Å²) in [7, 11) is 2.10. The molecule has 0 aliphatic carbocycles. The highest BCUT2D eigenvalue weighted by Gasteiger charge is 2.37. The van der Waals surface area contributed by atoms with Crippen LogP contribution in [0.25, 0.3) is 11.0 Å². The number of nitrogens with two attached hydrogens (primary N) is 1. The first-order valence-corrected chi connectivity index (χ1v) is 16.8. The zero-order valence-corrected chi connectivity index (χ0v) is 27.6. The lowest BCUT2D eigenvalue weighted by atomic mass is 10.0. The maximum absolute atomic E-state index is 13.9. The molecule has 3 aromatic rings. The molecule has 0 bridgehead atoms. The van der Waals surface area contributed by atoms with E-state index in [2.05, 4.69) is 21.8 Å². The van der Waals surface area contributed by atoms with Gasteiger partial charge >= 0.3 is 18.0 Å². The summed E-state index contributed by atoms with van der Waals surface area (Å²) in [6, 6.07) is 9.83. The summed E-state index contributed by atoms with van der Waals surface area (Å²) >= 11 is 6.10. The number of carbonyl (C=O) groups is 2. The summed E-state index contributed by atoms with van der Waals surface area (Å²) in [6.45, 7) is 4.74. The number of aromatic nitrogens is 2. The standard InChI is InChI=1S/C33H41ClF3N7O4/c1-40-10-6-22(7-11-40)41-14-16-42(17-15-41)30(45)28(20-21-18-24(33(35,36)37)29(38)25(34)19-21)48-32(47)43-12-8-23(9-13-43)44-27-5-3-2-4-26(27)39-31(44)46/h2-5,18-19,22-23,28H,6-17,20,38H2,1H3,(H,39,46)/t28-/m1/s1. The van der Waals surface area contributed by atoms with Crippen molar-refractivity contribution in [3.05, 3.63) is 63.0 Å². The predicted octanol–water partition coefficient (Wildman–Crippen LogP) is 4.21. The second kappa shape index (κ2) is 14.0. The molecule has 3 aliphatic rings. The van der Waals surface area contributed by atoms with Gasteiger partial charge in [0, 0.05) is 57.8 Å². The molecule has 4 heterocycles. The van der Waals surface area contributed by atoms with Crippen LogP contribution >= 0.6 is 11.6 Å². The first kappa shape index (κ1) is 34.1. The molecule has 2 amide bonds. The molecular weight excluding hydrogens is 651 g/mol. The number of H-pyrrole nitrogens is 1. The number of nitrogens with one attached hydrogen (secondary N) is 1. The topological polar surface area (TPSA) is 120 Å². The second-order valence-electron chi connectivity index (χ2n) is 13.0. The fourth-order valence-electron chi connectivity index (χ4n) is 7.23. The first-order valence-electron chi connectivity index (χ1n) is 16.4. The van der Waals surface area contributed by atoms with Crippen molar-refractivity contribution in [1.82, 2.24) is 29.2 Å².